The Kier molecular flexibility index (Phi) is 3.08. The molecule has 0 unspecified atom stereocenters. The van der Waals surface area contributed by atoms with E-state index in [2.05, 4.69) is 44.0 Å². The minimum atomic E-state index is 0.521. The fourth-order valence-corrected chi connectivity index (χ4v) is 2.72. The summed E-state index contributed by atoms with van der Waals surface area (Å²) in [6, 6.07) is 6.46. The maximum absolute atomic E-state index is 5.65. The van der Waals surface area contributed by atoms with E-state index in [4.69, 9.17) is 5.73 Å². The molecule has 1 aromatic carbocycles. The first-order valence-electron chi connectivity index (χ1n) is 5.36. The molecule has 2 N–H and O–H groups in total. The Morgan fingerprint density at radius 2 is 2.00 bits per heavy atom. The van der Waals surface area contributed by atoms with Crippen molar-refractivity contribution in [2.75, 3.05) is 0 Å². The molecule has 0 fully saturated rings. The molecule has 2 nitrogen and oxygen atoms in total. The van der Waals surface area contributed by atoms with Crippen LogP contribution in [0.5, 0.6) is 0 Å². The van der Waals surface area contributed by atoms with Crippen molar-refractivity contribution in [3.8, 4) is 10.6 Å². The van der Waals surface area contributed by atoms with Crippen LogP contribution in [0.4, 0.5) is 0 Å². The van der Waals surface area contributed by atoms with Gasteiger partial charge in [0.15, 0.2) is 0 Å². The fraction of sp³-hybridized carbons (Fsp3) is 0.308. The summed E-state index contributed by atoms with van der Waals surface area (Å²) in [5, 5.41) is 1.08. The normalized spacial score (nSPS) is 10.8. The zero-order chi connectivity index (χ0) is 11.7. The van der Waals surface area contributed by atoms with Crippen molar-refractivity contribution in [2.24, 2.45) is 5.73 Å². The van der Waals surface area contributed by atoms with Crippen LogP contribution in [0.2, 0.25) is 0 Å². The molecule has 0 saturated heterocycles. The number of nitrogens with two attached hydrogens (primary N) is 1. The summed E-state index contributed by atoms with van der Waals surface area (Å²) in [7, 11) is 0. The number of hydrogen-bond acceptors (Lipinski definition) is 3. The molecular weight excluding hydrogens is 216 g/mol. The molecule has 0 saturated carbocycles. The average molecular weight is 232 g/mol. The van der Waals surface area contributed by atoms with Gasteiger partial charge in [-0.3, -0.25) is 0 Å². The fourth-order valence-electron chi connectivity index (χ4n) is 1.70. The lowest BCUT2D eigenvalue weighted by molar-refractivity contribution is 0.998. The minimum absolute atomic E-state index is 0.521. The average Bonchev–Trinajstić information content (AvgIpc) is 2.63. The van der Waals surface area contributed by atoms with Gasteiger partial charge in [0, 0.05) is 17.0 Å². The van der Waals surface area contributed by atoms with Gasteiger partial charge in [0.05, 0.1) is 5.69 Å². The van der Waals surface area contributed by atoms with Crippen LogP contribution in [0, 0.1) is 20.8 Å². The van der Waals surface area contributed by atoms with Crippen molar-refractivity contribution < 1.29 is 0 Å². The van der Waals surface area contributed by atoms with Crippen molar-refractivity contribution >= 4 is 11.3 Å². The Morgan fingerprint density at radius 3 is 2.62 bits per heavy atom. The number of aryl methyl sites for hydroxylation is 3. The molecule has 0 atom stereocenters. The Labute approximate surface area is 100 Å². The second-order valence-electron chi connectivity index (χ2n) is 4.04. The van der Waals surface area contributed by atoms with Crippen LogP contribution in [0.3, 0.4) is 0 Å². The molecule has 1 heterocycles. The maximum Gasteiger partial charge on any atom is 0.124 e. The molecule has 2 rings (SSSR count). The smallest absolute Gasteiger partial charge is 0.124 e. The van der Waals surface area contributed by atoms with E-state index in [1.165, 1.54) is 21.6 Å². The lowest BCUT2D eigenvalue weighted by Gasteiger charge is -2.03. The predicted molar refractivity (Wildman–Crippen MR) is 69.7 cm³/mol. The highest BCUT2D eigenvalue weighted by Crippen LogP contribution is 2.30. The molecule has 0 amide bonds. The molecule has 16 heavy (non-hydrogen) atoms. The Balaban J connectivity index is 2.53. The van der Waals surface area contributed by atoms with Gasteiger partial charge in [-0.15, -0.1) is 11.3 Å². The molecule has 1 aromatic heterocycles. The van der Waals surface area contributed by atoms with Gasteiger partial charge >= 0.3 is 0 Å². The summed E-state index contributed by atoms with van der Waals surface area (Å²) in [6.07, 6.45) is 0. The van der Waals surface area contributed by atoms with Gasteiger partial charge in [0.1, 0.15) is 5.01 Å². The lowest BCUT2D eigenvalue weighted by atomic mass is 10.1. The second kappa shape index (κ2) is 4.36. The van der Waals surface area contributed by atoms with Gasteiger partial charge in [0.25, 0.3) is 0 Å². The van der Waals surface area contributed by atoms with Gasteiger partial charge in [0.2, 0.25) is 0 Å². The van der Waals surface area contributed by atoms with Crippen LogP contribution < -0.4 is 5.73 Å². The Bertz CT molecular complexity index is 515. The summed E-state index contributed by atoms with van der Waals surface area (Å²) >= 11 is 1.72. The van der Waals surface area contributed by atoms with Crippen LogP contribution >= 0.6 is 11.3 Å². The van der Waals surface area contributed by atoms with Crippen LogP contribution in [0.25, 0.3) is 10.6 Å². The molecule has 3 heteroatoms. The quantitative estimate of drug-likeness (QED) is 0.863. The molecule has 0 aliphatic heterocycles. The Morgan fingerprint density at radius 1 is 1.25 bits per heavy atom. The first kappa shape index (κ1) is 11.3. The van der Waals surface area contributed by atoms with E-state index in [1.807, 2.05) is 0 Å². The topological polar surface area (TPSA) is 38.9 Å². The van der Waals surface area contributed by atoms with Crippen molar-refractivity contribution in [2.45, 2.75) is 27.3 Å². The zero-order valence-corrected chi connectivity index (χ0v) is 10.7. The molecule has 0 aliphatic carbocycles. The number of hydrogen-bond donors (Lipinski definition) is 1. The number of nitrogens with zero attached hydrogens (tertiary/aromatic N) is 1. The second-order valence-corrected chi connectivity index (χ2v) is 5.25. The summed E-state index contributed by atoms with van der Waals surface area (Å²) in [5.74, 6) is 0. The van der Waals surface area contributed by atoms with Gasteiger partial charge in [-0.05, 0) is 32.4 Å². The van der Waals surface area contributed by atoms with Crippen LogP contribution in [-0.2, 0) is 6.54 Å². The van der Waals surface area contributed by atoms with E-state index in [9.17, 15) is 0 Å². The third kappa shape index (κ3) is 2.01. The van der Waals surface area contributed by atoms with E-state index in [1.54, 1.807) is 11.3 Å². The third-order valence-electron chi connectivity index (χ3n) is 2.71. The zero-order valence-electron chi connectivity index (χ0n) is 9.87. The highest BCUT2D eigenvalue weighted by atomic mass is 32.1. The number of aromatic nitrogens is 1. The Hall–Kier alpha value is -1.19. The first-order valence-corrected chi connectivity index (χ1v) is 6.17. The molecule has 0 aliphatic rings. The van der Waals surface area contributed by atoms with Crippen molar-refractivity contribution in [3.63, 3.8) is 0 Å². The minimum Gasteiger partial charge on any atom is -0.325 e. The number of benzene rings is 1. The largest absolute Gasteiger partial charge is 0.325 e. The maximum atomic E-state index is 5.65. The standard InChI is InChI=1S/C13H16N2S/c1-8-4-5-9(2)11(6-8)13-15-12(7-14)10(3)16-13/h4-6H,7,14H2,1-3H3. The summed E-state index contributed by atoms with van der Waals surface area (Å²) in [5.41, 5.74) is 10.4. The summed E-state index contributed by atoms with van der Waals surface area (Å²) < 4.78 is 0. The molecule has 0 bridgehead atoms. The van der Waals surface area contributed by atoms with Crippen LogP contribution in [-0.4, -0.2) is 4.98 Å². The number of rotatable bonds is 2. The highest BCUT2D eigenvalue weighted by Gasteiger charge is 2.10. The van der Waals surface area contributed by atoms with Crippen molar-refractivity contribution in [1.82, 2.24) is 4.98 Å². The summed E-state index contributed by atoms with van der Waals surface area (Å²) in [4.78, 5) is 5.81. The van der Waals surface area contributed by atoms with Gasteiger partial charge in [-0.25, -0.2) is 4.98 Å². The lowest BCUT2D eigenvalue weighted by Crippen LogP contribution is -1.98. The number of thiazole rings is 1. The van der Waals surface area contributed by atoms with Crippen molar-refractivity contribution in [3.05, 3.63) is 39.9 Å². The molecule has 84 valence electrons. The van der Waals surface area contributed by atoms with E-state index in [0.29, 0.717) is 6.54 Å². The predicted octanol–water partition coefficient (Wildman–Crippen LogP) is 3.19. The highest BCUT2D eigenvalue weighted by molar-refractivity contribution is 7.15. The first-order chi connectivity index (χ1) is 7.61. The van der Waals surface area contributed by atoms with E-state index < -0.39 is 0 Å². The van der Waals surface area contributed by atoms with Crippen LogP contribution in [0.15, 0.2) is 18.2 Å². The van der Waals surface area contributed by atoms with E-state index in [-0.39, 0.29) is 0 Å². The van der Waals surface area contributed by atoms with Crippen LogP contribution in [0.1, 0.15) is 21.7 Å². The molecule has 0 spiro atoms. The molecule has 0 radical (unpaired) electrons. The van der Waals surface area contributed by atoms with E-state index >= 15 is 0 Å². The van der Waals surface area contributed by atoms with Gasteiger partial charge in [-0.2, -0.15) is 0 Å². The molecular formula is C13H16N2S. The third-order valence-corrected chi connectivity index (χ3v) is 3.76. The SMILES string of the molecule is Cc1ccc(C)c(-c2nc(CN)c(C)s2)c1. The van der Waals surface area contributed by atoms with E-state index in [0.717, 1.165) is 10.7 Å². The van der Waals surface area contributed by atoms with Crippen molar-refractivity contribution in [1.29, 1.82) is 0 Å². The van der Waals surface area contributed by atoms with Gasteiger partial charge in [-0.1, -0.05) is 17.7 Å². The van der Waals surface area contributed by atoms with Gasteiger partial charge < -0.3 is 5.73 Å². The summed E-state index contributed by atoms with van der Waals surface area (Å²) in [6.45, 7) is 6.82. The monoisotopic (exact) mass is 232 g/mol. The molecule has 2 aromatic rings.